The van der Waals surface area contributed by atoms with Crippen LogP contribution in [0.1, 0.15) is 68.8 Å². The van der Waals surface area contributed by atoms with Crippen LogP contribution in [0.15, 0.2) is 29.8 Å². The van der Waals surface area contributed by atoms with E-state index < -0.39 is 0 Å². The molecule has 0 heterocycles. The Labute approximate surface area is 158 Å². The Morgan fingerprint density at radius 2 is 2.12 bits per heavy atom. The fourth-order valence-corrected chi connectivity index (χ4v) is 3.10. The highest BCUT2D eigenvalue weighted by atomic mass is 16.5. The maximum atomic E-state index is 12.5. The summed E-state index contributed by atoms with van der Waals surface area (Å²) >= 11 is 0. The van der Waals surface area contributed by atoms with Crippen LogP contribution < -0.4 is 10.1 Å². The minimum Gasteiger partial charge on any atom is -0.494 e. The summed E-state index contributed by atoms with van der Waals surface area (Å²) < 4.78 is 11.4. The highest BCUT2D eigenvalue weighted by Gasteiger charge is 2.12. The van der Waals surface area contributed by atoms with Gasteiger partial charge in [0.1, 0.15) is 5.75 Å². The molecule has 2 rings (SSSR count). The van der Waals surface area contributed by atoms with Gasteiger partial charge >= 0.3 is 0 Å². The summed E-state index contributed by atoms with van der Waals surface area (Å²) in [6.45, 7) is 8.64. The number of carbonyl (C=O) groups is 1. The number of nitrogens with one attached hydrogen (secondary N) is 1. The quantitative estimate of drug-likeness (QED) is 0.606. The average Bonchev–Trinajstić information content (AvgIpc) is 2.63. The van der Waals surface area contributed by atoms with E-state index in [1.54, 1.807) is 0 Å². The SMILES string of the molecule is CCOc1ccc(C(=O)NCCC2=CCCCC2)cc1COCC(C)C. The van der Waals surface area contributed by atoms with Gasteiger partial charge in [-0.3, -0.25) is 4.79 Å². The van der Waals surface area contributed by atoms with Crippen molar-refractivity contribution in [3.8, 4) is 5.75 Å². The average molecular weight is 360 g/mol. The molecule has 0 unspecified atom stereocenters. The summed E-state index contributed by atoms with van der Waals surface area (Å²) in [5.41, 5.74) is 3.07. The monoisotopic (exact) mass is 359 g/mol. The summed E-state index contributed by atoms with van der Waals surface area (Å²) in [6, 6.07) is 5.59. The molecule has 0 radical (unpaired) electrons. The van der Waals surface area contributed by atoms with Gasteiger partial charge in [-0.2, -0.15) is 0 Å². The fraction of sp³-hybridized carbons (Fsp3) is 0.591. The molecule has 1 aliphatic rings. The largest absolute Gasteiger partial charge is 0.494 e. The lowest BCUT2D eigenvalue weighted by Crippen LogP contribution is -2.25. The molecule has 4 nitrogen and oxygen atoms in total. The third kappa shape index (κ3) is 6.83. The Bertz CT molecular complexity index is 607. The highest BCUT2D eigenvalue weighted by Crippen LogP contribution is 2.22. The van der Waals surface area contributed by atoms with Crippen molar-refractivity contribution < 1.29 is 14.3 Å². The van der Waals surface area contributed by atoms with Gasteiger partial charge in [0, 0.05) is 24.3 Å². The van der Waals surface area contributed by atoms with E-state index in [1.165, 1.54) is 31.3 Å². The number of benzene rings is 1. The van der Waals surface area contributed by atoms with Crippen molar-refractivity contribution in [2.45, 2.75) is 59.5 Å². The molecule has 0 atom stereocenters. The summed E-state index contributed by atoms with van der Waals surface area (Å²) in [5.74, 6) is 1.24. The predicted molar refractivity (Wildman–Crippen MR) is 106 cm³/mol. The van der Waals surface area contributed by atoms with Crippen LogP contribution in [0.25, 0.3) is 0 Å². The van der Waals surface area contributed by atoms with Crippen molar-refractivity contribution in [2.24, 2.45) is 5.92 Å². The minimum atomic E-state index is -0.0328. The van der Waals surface area contributed by atoms with Crippen LogP contribution in [-0.2, 0) is 11.3 Å². The van der Waals surface area contributed by atoms with Gasteiger partial charge in [0.05, 0.1) is 13.2 Å². The van der Waals surface area contributed by atoms with E-state index in [1.807, 2.05) is 25.1 Å². The first-order chi connectivity index (χ1) is 12.6. The van der Waals surface area contributed by atoms with Crippen LogP contribution in [0.5, 0.6) is 5.75 Å². The normalized spacial score (nSPS) is 14.2. The van der Waals surface area contributed by atoms with Gasteiger partial charge in [-0.1, -0.05) is 25.5 Å². The first kappa shape index (κ1) is 20.5. The molecular weight excluding hydrogens is 326 g/mol. The smallest absolute Gasteiger partial charge is 0.251 e. The zero-order chi connectivity index (χ0) is 18.8. The molecule has 0 fully saturated rings. The Kier molecular flexibility index (Phi) is 8.69. The second kappa shape index (κ2) is 11.0. The Hall–Kier alpha value is -1.81. The molecule has 0 bridgehead atoms. The van der Waals surface area contributed by atoms with Gasteiger partial charge in [0.15, 0.2) is 0 Å². The maximum absolute atomic E-state index is 12.5. The highest BCUT2D eigenvalue weighted by molar-refractivity contribution is 5.94. The molecule has 1 aliphatic carbocycles. The number of hydrogen-bond acceptors (Lipinski definition) is 3. The molecule has 26 heavy (non-hydrogen) atoms. The van der Waals surface area contributed by atoms with Gasteiger partial charge in [-0.05, 0) is 63.1 Å². The molecule has 1 aromatic rings. The first-order valence-corrected chi connectivity index (χ1v) is 9.89. The van der Waals surface area contributed by atoms with Crippen molar-refractivity contribution in [1.29, 1.82) is 0 Å². The Balaban J connectivity index is 1.93. The number of carbonyl (C=O) groups excluding carboxylic acids is 1. The lowest BCUT2D eigenvalue weighted by atomic mass is 9.97. The topological polar surface area (TPSA) is 47.6 Å². The number of allylic oxidation sites excluding steroid dienone is 1. The van der Waals surface area contributed by atoms with E-state index in [4.69, 9.17) is 9.47 Å². The van der Waals surface area contributed by atoms with Gasteiger partial charge < -0.3 is 14.8 Å². The van der Waals surface area contributed by atoms with Crippen LogP contribution in [0, 0.1) is 5.92 Å². The summed E-state index contributed by atoms with van der Waals surface area (Å²) in [5, 5.41) is 3.04. The zero-order valence-electron chi connectivity index (χ0n) is 16.5. The summed E-state index contributed by atoms with van der Waals surface area (Å²) in [4.78, 5) is 12.5. The van der Waals surface area contributed by atoms with Crippen molar-refractivity contribution in [1.82, 2.24) is 5.32 Å². The van der Waals surface area contributed by atoms with Crippen molar-refractivity contribution in [3.05, 3.63) is 41.0 Å². The number of rotatable bonds is 10. The standard InChI is InChI=1S/C22H33NO3/c1-4-26-21-11-10-19(14-20(21)16-25-15-17(2)3)22(24)23-13-12-18-8-6-5-7-9-18/h8,10-11,14,17H,4-7,9,12-13,15-16H2,1-3H3,(H,23,24). The van der Waals surface area contributed by atoms with E-state index in [2.05, 4.69) is 25.2 Å². The molecule has 144 valence electrons. The third-order valence-electron chi connectivity index (χ3n) is 4.45. The predicted octanol–water partition coefficient (Wildman–Crippen LogP) is 4.88. The minimum absolute atomic E-state index is 0.0328. The van der Waals surface area contributed by atoms with Crippen molar-refractivity contribution in [3.63, 3.8) is 0 Å². The molecule has 0 saturated heterocycles. The zero-order valence-corrected chi connectivity index (χ0v) is 16.5. The van der Waals surface area contributed by atoms with E-state index in [0.717, 1.165) is 17.7 Å². The molecule has 0 spiro atoms. The number of hydrogen-bond donors (Lipinski definition) is 1. The molecule has 1 N–H and O–H groups in total. The van der Waals surface area contributed by atoms with Crippen molar-refractivity contribution >= 4 is 5.91 Å². The summed E-state index contributed by atoms with van der Waals surface area (Å²) in [6.07, 6.45) is 8.21. The van der Waals surface area contributed by atoms with E-state index in [9.17, 15) is 4.79 Å². The van der Waals surface area contributed by atoms with Crippen LogP contribution in [-0.4, -0.2) is 25.7 Å². The van der Waals surface area contributed by atoms with E-state index >= 15 is 0 Å². The second-order valence-corrected chi connectivity index (χ2v) is 7.28. The Morgan fingerprint density at radius 1 is 1.27 bits per heavy atom. The van der Waals surface area contributed by atoms with E-state index in [0.29, 0.717) is 37.8 Å². The van der Waals surface area contributed by atoms with E-state index in [-0.39, 0.29) is 5.91 Å². The van der Waals surface area contributed by atoms with Crippen LogP contribution in [0.3, 0.4) is 0 Å². The Morgan fingerprint density at radius 3 is 2.81 bits per heavy atom. The molecule has 0 aromatic heterocycles. The van der Waals surface area contributed by atoms with Crippen molar-refractivity contribution in [2.75, 3.05) is 19.8 Å². The maximum Gasteiger partial charge on any atom is 0.251 e. The third-order valence-corrected chi connectivity index (χ3v) is 4.45. The van der Waals surface area contributed by atoms with Gasteiger partial charge in [0.2, 0.25) is 0 Å². The van der Waals surface area contributed by atoms with Crippen LogP contribution in [0.4, 0.5) is 0 Å². The molecular formula is C22H33NO3. The van der Waals surface area contributed by atoms with Gasteiger partial charge in [0.25, 0.3) is 5.91 Å². The lowest BCUT2D eigenvalue weighted by Gasteiger charge is -2.15. The number of ether oxygens (including phenoxy) is 2. The van der Waals surface area contributed by atoms with Crippen LogP contribution >= 0.6 is 0 Å². The fourth-order valence-electron chi connectivity index (χ4n) is 3.10. The first-order valence-electron chi connectivity index (χ1n) is 9.89. The summed E-state index contributed by atoms with van der Waals surface area (Å²) in [7, 11) is 0. The van der Waals surface area contributed by atoms with Crippen LogP contribution in [0.2, 0.25) is 0 Å². The second-order valence-electron chi connectivity index (χ2n) is 7.28. The van der Waals surface area contributed by atoms with Gasteiger partial charge in [-0.15, -0.1) is 0 Å². The molecule has 0 aliphatic heterocycles. The number of amides is 1. The van der Waals surface area contributed by atoms with Gasteiger partial charge in [-0.25, -0.2) is 0 Å². The molecule has 1 amide bonds. The molecule has 1 aromatic carbocycles. The molecule has 0 saturated carbocycles. The molecule has 4 heteroatoms. The lowest BCUT2D eigenvalue weighted by molar-refractivity contribution is 0.0937.